The number of nitrogens with zero attached hydrogens (tertiary/aromatic N) is 6. The largest absolute Gasteiger partial charge is 0.416 e. The number of anilines is 1. The first-order valence-electron chi connectivity index (χ1n) is 17.8. The molecule has 282 valence electrons. The number of ether oxygens (including phenoxy) is 2. The summed E-state index contributed by atoms with van der Waals surface area (Å²) in [5.41, 5.74) is 4.97. The molecular formula is C41H43F3N6O4. The second-order valence-corrected chi connectivity index (χ2v) is 13.2. The van der Waals surface area contributed by atoms with Gasteiger partial charge in [0.15, 0.2) is 0 Å². The van der Waals surface area contributed by atoms with E-state index in [2.05, 4.69) is 15.2 Å². The van der Waals surface area contributed by atoms with Crippen LogP contribution in [-0.4, -0.2) is 89.2 Å². The average molecular weight is 741 g/mol. The summed E-state index contributed by atoms with van der Waals surface area (Å²) >= 11 is 0. The summed E-state index contributed by atoms with van der Waals surface area (Å²) in [7, 11) is 3.52. The van der Waals surface area contributed by atoms with Crippen molar-refractivity contribution in [2.45, 2.75) is 31.8 Å². The Balaban J connectivity index is 1.22. The molecule has 2 amide bonds. The van der Waals surface area contributed by atoms with Gasteiger partial charge in [-0.15, -0.1) is 5.10 Å². The van der Waals surface area contributed by atoms with Crippen LogP contribution in [0.15, 0.2) is 103 Å². The number of hydrogen-bond acceptors (Lipinski definition) is 7. The lowest BCUT2D eigenvalue weighted by Gasteiger charge is -2.33. The molecule has 2 heterocycles. The zero-order chi connectivity index (χ0) is 38.1. The SMILES string of the molecule is CN(CCOCc1ccc2c(c1)nnn2C)C(=O)C(Cc1ccccc1)N(Cc1ccc(N2CCOCC2)cc1)C(=O)C=Cc1ccc(C(F)(F)F)cc1. The number of benzene rings is 4. The molecule has 13 heteroatoms. The third-order valence-electron chi connectivity index (χ3n) is 9.43. The Labute approximate surface area is 312 Å². The van der Waals surface area contributed by atoms with Gasteiger partial charge in [0.1, 0.15) is 11.6 Å². The van der Waals surface area contributed by atoms with Crippen molar-refractivity contribution in [2.75, 3.05) is 51.4 Å². The molecule has 6 rings (SSSR count). The Kier molecular flexibility index (Phi) is 12.4. The molecule has 1 aliphatic heterocycles. The molecule has 1 saturated heterocycles. The van der Waals surface area contributed by atoms with Gasteiger partial charge in [-0.1, -0.05) is 65.9 Å². The average Bonchev–Trinajstić information content (AvgIpc) is 3.56. The molecule has 0 spiro atoms. The Morgan fingerprint density at radius 1 is 0.926 bits per heavy atom. The minimum absolute atomic E-state index is 0.123. The Morgan fingerprint density at radius 3 is 2.33 bits per heavy atom. The molecule has 0 radical (unpaired) electrons. The summed E-state index contributed by atoms with van der Waals surface area (Å²) in [5, 5.41) is 8.20. The van der Waals surface area contributed by atoms with E-state index in [0.717, 1.165) is 58.6 Å². The van der Waals surface area contributed by atoms with Crippen LogP contribution in [0.1, 0.15) is 27.8 Å². The van der Waals surface area contributed by atoms with Gasteiger partial charge in [-0.25, -0.2) is 4.68 Å². The molecular weight excluding hydrogens is 697 g/mol. The molecule has 0 saturated carbocycles. The van der Waals surface area contributed by atoms with E-state index >= 15 is 0 Å². The molecule has 1 unspecified atom stereocenters. The number of aryl methyl sites for hydroxylation is 1. The highest BCUT2D eigenvalue weighted by Gasteiger charge is 2.32. The van der Waals surface area contributed by atoms with Crippen LogP contribution in [0.2, 0.25) is 0 Å². The maximum Gasteiger partial charge on any atom is 0.416 e. The van der Waals surface area contributed by atoms with Gasteiger partial charge < -0.3 is 24.2 Å². The highest BCUT2D eigenvalue weighted by Crippen LogP contribution is 2.29. The number of aromatic nitrogens is 3. The summed E-state index contributed by atoms with van der Waals surface area (Å²) in [6.45, 7) is 3.82. The van der Waals surface area contributed by atoms with Crippen molar-refractivity contribution in [1.82, 2.24) is 24.8 Å². The predicted octanol–water partition coefficient (Wildman–Crippen LogP) is 6.15. The van der Waals surface area contributed by atoms with E-state index in [0.29, 0.717) is 25.4 Å². The first-order chi connectivity index (χ1) is 26.0. The van der Waals surface area contributed by atoms with Crippen molar-refractivity contribution in [3.63, 3.8) is 0 Å². The molecule has 5 aromatic rings. The lowest BCUT2D eigenvalue weighted by molar-refractivity contribution is -0.143. The monoisotopic (exact) mass is 740 g/mol. The maximum atomic E-state index is 14.4. The number of carbonyl (C=O) groups excluding carboxylic acids is 2. The molecule has 4 aromatic carbocycles. The van der Waals surface area contributed by atoms with Gasteiger partial charge in [0.25, 0.3) is 0 Å². The van der Waals surface area contributed by atoms with Crippen LogP contribution >= 0.6 is 0 Å². The van der Waals surface area contributed by atoms with Gasteiger partial charge in [0.2, 0.25) is 11.8 Å². The number of hydrogen-bond donors (Lipinski definition) is 0. The van der Waals surface area contributed by atoms with Crippen LogP contribution in [-0.2, 0) is 51.9 Å². The molecule has 0 N–H and O–H groups in total. The minimum atomic E-state index is -4.47. The molecule has 1 aromatic heterocycles. The normalized spacial score (nSPS) is 14.1. The van der Waals surface area contributed by atoms with Crippen LogP contribution in [0.25, 0.3) is 17.1 Å². The highest BCUT2D eigenvalue weighted by atomic mass is 19.4. The molecule has 54 heavy (non-hydrogen) atoms. The highest BCUT2D eigenvalue weighted by molar-refractivity contribution is 5.95. The predicted molar refractivity (Wildman–Crippen MR) is 200 cm³/mol. The van der Waals surface area contributed by atoms with E-state index in [4.69, 9.17) is 9.47 Å². The van der Waals surface area contributed by atoms with Crippen LogP contribution in [0.4, 0.5) is 18.9 Å². The lowest BCUT2D eigenvalue weighted by atomic mass is 10.0. The zero-order valence-electron chi connectivity index (χ0n) is 30.3. The van der Waals surface area contributed by atoms with E-state index in [9.17, 15) is 22.8 Å². The third kappa shape index (κ3) is 9.91. The standard InChI is InChI=1S/C41H43F3N6O4/c1-47(20-23-54-29-33-12-18-37-36(26-33)45-46-48(37)2)40(52)38(27-31-6-4-3-5-7-31)50(28-32-10-16-35(17-11-32)49-21-24-53-25-22-49)39(51)19-13-30-8-14-34(15-9-30)41(42,43)44/h3-19,26,38H,20-25,27-29H2,1-2H3. The second kappa shape index (κ2) is 17.5. The molecule has 1 atom stereocenters. The fourth-order valence-electron chi connectivity index (χ4n) is 6.32. The van der Waals surface area contributed by atoms with Crippen molar-refractivity contribution in [1.29, 1.82) is 0 Å². The van der Waals surface area contributed by atoms with Crippen molar-refractivity contribution in [2.24, 2.45) is 7.05 Å². The molecule has 1 fully saturated rings. The van der Waals surface area contributed by atoms with E-state index in [1.54, 1.807) is 16.6 Å². The van der Waals surface area contributed by atoms with Crippen molar-refractivity contribution >= 4 is 34.6 Å². The lowest BCUT2D eigenvalue weighted by Crippen LogP contribution is -2.51. The maximum absolute atomic E-state index is 14.4. The number of halogens is 3. The number of fused-ring (bicyclic) bond motifs is 1. The summed E-state index contributed by atoms with van der Waals surface area (Å²) in [6.07, 6.45) is -1.45. The number of carbonyl (C=O) groups is 2. The smallest absolute Gasteiger partial charge is 0.378 e. The van der Waals surface area contributed by atoms with E-state index in [1.807, 2.05) is 79.8 Å². The summed E-state index contributed by atoms with van der Waals surface area (Å²) in [6, 6.07) is 26.9. The molecule has 0 bridgehead atoms. The summed E-state index contributed by atoms with van der Waals surface area (Å²) < 4.78 is 52.7. The van der Waals surface area contributed by atoms with Crippen molar-refractivity contribution < 1.29 is 32.2 Å². The number of morpholine rings is 1. The van der Waals surface area contributed by atoms with Gasteiger partial charge in [-0.05, 0) is 64.7 Å². The third-order valence-corrected chi connectivity index (χ3v) is 9.43. The topological polar surface area (TPSA) is 93.0 Å². The van der Waals surface area contributed by atoms with E-state index in [-0.39, 0.29) is 32.0 Å². The van der Waals surface area contributed by atoms with E-state index in [1.165, 1.54) is 29.2 Å². The van der Waals surface area contributed by atoms with Crippen LogP contribution < -0.4 is 4.90 Å². The Morgan fingerprint density at radius 2 is 1.63 bits per heavy atom. The first kappa shape index (κ1) is 38.2. The quantitative estimate of drug-likeness (QED) is 0.0997. The van der Waals surface area contributed by atoms with Crippen molar-refractivity contribution in [3.8, 4) is 0 Å². The number of rotatable bonds is 14. The van der Waals surface area contributed by atoms with Crippen LogP contribution in [0.5, 0.6) is 0 Å². The zero-order valence-corrected chi connectivity index (χ0v) is 30.3. The minimum Gasteiger partial charge on any atom is -0.378 e. The first-order valence-corrected chi connectivity index (χ1v) is 17.8. The van der Waals surface area contributed by atoms with Gasteiger partial charge in [-0.2, -0.15) is 13.2 Å². The van der Waals surface area contributed by atoms with Gasteiger partial charge in [0.05, 0.1) is 37.5 Å². The Bertz CT molecular complexity index is 2030. The number of alkyl halides is 3. The molecule has 0 aliphatic carbocycles. The van der Waals surface area contributed by atoms with Gasteiger partial charge in [0, 0.05) is 58.5 Å². The van der Waals surface area contributed by atoms with E-state index < -0.39 is 23.7 Å². The molecule has 1 aliphatic rings. The molecule has 10 nitrogen and oxygen atoms in total. The fraction of sp³-hybridized carbons (Fsp3) is 0.317. The second-order valence-electron chi connectivity index (χ2n) is 13.2. The number of likely N-dealkylation sites (N-methyl/N-ethyl adjacent to an activating group) is 1. The van der Waals surface area contributed by atoms with Crippen LogP contribution in [0.3, 0.4) is 0 Å². The summed E-state index contributed by atoms with van der Waals surface area (Å²) in [5.74, 6) is -0.727. The summed E-state index contributed by atoms with van der Waals surface area (Å²) in [4.78, 5) is 33.9. The Hall–Kier alpha value is -5.53. The van der Waals surface area contributed by atoms with Gasteiger partial charge in [-0.3, -0.25) is 9.59 Å². The van der Waals surface area contributed by atoms with Gasteiger partial charge >= 0.3 is 6.18 Å². The van der Waals surface area contributed by atoms with Crippen molar-refractivity contribution in [3.05, 3.63) is 131 Å². The number of amides is 2. The van der Waals surface area contributed by atoms with Crippen LogP contribution in [0, 0.1) is 0 Å². The fourth-order valence-corrected chi connectivity index (χ4v) is 6.32.